The van der Waals surface area contributed by atoms with E-state index in [0.29, 0.717) is 18.5 Å². The molecule has 0 aromatic heterocycles. The van der Waals surface area contributed by atoms with E-state index < -0.39 is 16.1 Å². The fraction of sp³-hybridized carbons (Fsp3) is 0.308. The third kappa shape index (κ3) is 8.06. The van der Waals surface area contributed by atoms with E-state index in [-0.39, 0.29) is 17.5 Å². The lowest BCUT2D eigenvalue weighted by Crippen LogP contribution is -2.32. The molecule has 3 aromatic rings. The molecular formula is C26H32N2O5S. The highest BCUT2D eigenvalue weighted by Gasteiger charge is 2.15. The summed E-state index contributed by atoms with van der Waals surface area (Å²) < 4.78 is 30.6. The fourth-order valence-electron chi connectivity index (χ4n) is 3.79. The zero-order valence-corrected chi connectivity index (χ0v) is 20.3. The number of sulfonamides is 1. The maximum absolute atomic E-state index is 11.5. The summed E-state index contributed by atoms with van der Waals surface area (Å²) in [5, 5.41) is 24.1. The molecule has 182 valence electrons. The first-order chi connectivity index (χ1) is 16.2. The second kappa shape index (κ2) is 11.9. The minimum Gasteiger partial charge on any atom is -0.506 e. The molecule has 34 heavy (non-hydrogen) atoms. The largest absolute Gasteiger partial charge is 0.506 e. The van der Waals surface area contributed by atoms with Crippen molar-refractivity contribution in [3.05, 3.63) is 89.5 Å². The smallest absolute Gasteiger partial charge is 0.229 e. The highest BCUT2D eigenvalue weighted by Crippen LogP contribution is 2.26. The first kappa shape index (κ1) is 25.6. The van der Waals surface area contributed by atoms with E-state index in [4.69, 9.17) is 4.74 Å². The van der Waals surface area contributed by atoms with Crippen LogP contribution >= 0.6 is 0 Å². The molecule has 0 spiro atoms. The van der Waals surface area contributed by atoms with E-state index in [1.165, 1.54) is 17.7 Å². The first-order valence-electron chi connectivity index (χ1n) is 11.1. The number of phenols is 1. The minimum atomic E-state index is -3.53. The molecule has 0 saturated carbocycles. The van der Waals surface area contributed by atoms with Crippen molar-refractivity contribution in [3.63, 3.8) is 0 Å². The molecule has 0 aliphatic rings. The summed E-state index contributed by atoms with van der Waals surface area (Å²) in [5.41, 5.74) is 3.16. The number of benzene rings is 3. The summed E-state index contributed by atoms with van der Waals surface area (Å²) in [7, 11) is -1.89. The number of methoxy groups -OCH3 is 1. The van der Waals surface area contributed by atoms with Crippen molar-refractivity contribution in [2.24, 2.45) is 0 Å². The van der Waals surface area contributed by atoms with Gasteiger partial charge in [-0.1, -0.05) is 48.5 Å². The van der Waals surface area contributed by atoms with Crippen LogP contribution in [0.3, 0.4) is 0 Å². The molecule has 3 aromatic carbocycles. The number of ether oxygens (including phenoxy) is 1. The molecule has 0 saturated heterocycles. The lowest BCUT2D eigenvalue weighted by atomic mass is 9.98. The molecule has 0 heterocycles. The van der Waals surface area contributed by atoms with Gasteiger partial charge in [0.1, 0.15) is 11.5 Å². The van der Waals surface area contributed by atoms with E-state index in [9.17, 15) is 18.6 Å². The quantitative estimate of drug-likeness (QED) is 0.292. The number of aliphatic hydroxyl groups excluding tert-OH is 1. The van der Waals surface area contributed by atoms with Gasteiger partial charge in [0.15, 0.2) is 0 Å². The third-order valence-electron chi connectivity index (χ3n) is 5.51. The second-order valence-corrected chi connectivity index (χ2v) is 10.1. The summed E-state index contributed by atoms with van der Waals surface area (Å²) in [4.78, 5) is 0. The van der Waals surface area contributed by atoms with Gasteiger partial charge in [-0.2, -0.15) is 0 Å². The number of aromatic hydroxyl groups is 1. The predicted molar refractivity (Wildman–Crippen MR) is 135 cm³/mol. The average molecular weight is 485 g/mol. The molecule has 0 amide bonds. The Kier molecular flexibility index (Phi) is 8.92. The van der Waals surface area contributed by atoms with E-state index in [1.54, 1.807) is 13.2 Å². The number of aliphatic hydroxyl groups is 1. The minimum absolute atomic E-state index is 0.0306. The van der Waals surface area contributed by atoms with Crippen LogP contribution < -0.4 is 14.8 Å². The second-order valence-electron chi connectivity index (χ2n) is 8.34. The monoisotopic (exact) mass is 484 g/mol. The maximum Gasteiger partial charge on any atom is 0.229 e. The molecule has 2 atom stereocenters. The van der Waals surface area contributed by atoms with Crippen LogP contribution in [0.4, 0.5) is 5.69 Å². The molecule has 0 aliphatic heterocycles. The summed E-state index contributed by atoms with van der Waals surface area (Å²) in [6.45, 7) is 0.348. The molecule has 0 fully saturated rings. The Bertz CT molecular complexity index is 1150. The molecule has 4 N–H and O–H groups in total. The molecule has 0 unspecified atom stereocenters. The van der Waals surface area contributed by atoms with Gasteiger partial charge in [-0.25, -0.2) is 8.42 Å². The highest BCUT2D eigenvalue weighted by atomic mass is 32.2. The molecule has 0 bridgehead atoms. The van der Waals surface area contributed by atoms with Crippen molar-refractivity contribution in [3.8, 4) is 11.5 Å². The summed E-state index contributed by atoms with van der Waals surface area (Å²) in [5.74, 6) is 0.624. The van der Waals surface area contributed by atoms with Gasteiger partial charge < -0.3 is 20.3 Å². The van der Waals surface area contributed by atoms with Gasteiger partial charge in [-0.3, -0.25) is 4.72 Å². The van der Waals surface area contributed by atoms with E-state index in [1.807, 2.05) is 42.5 Å². The summed E-state index contributed by atoms with van der Waals surface area (Å²) in [6, 6.07) is 22.8. The standard InChI is InChI=1S/C26H32N2O5S/c1-33-23-12-10-21(11-13-23)24(14-8-19-6-4-3-5-7-19)27-18-22(29)16-20-9-15-26(30)25(17-20)28-34(2,31)32/h3-7,9-13,15,17,22,24,27-30H,8,14,16,18H2,1-2H3/t22-,24+/m0/s1. The van der Waals surface area contributed by atoms with Crippen LogP contribution in [-0.4, -0.2) is 44.6 Å². The van der Waals surface area contributed by atoms with Crippen molar-refractivity contribution in [1.82, 2.24) is 5.32 Å². The Morgan fingerprint density at radius 1 is 0.971 bits per heavy atom. The highest BCUT2D eigenvalue weighted by molar-refractivity contribution is 7.92. The average Bonchev–Trinajstić information content (AvgIpc) is 2.81. The van der Waals surface area contributed by atoms with Crippen molar-refractivity contribution < 1.29 is 23.4 Å². The molecule has 7 nitrogen and oxygen atoms in total. The van der Waals surface area contributed by atoms with Gasteiger partial charge in [-0.15, -0.1) is 0 Å². The Morgan fingerprint density at radius 2 is 1.68 bits per heavy atom. The number of aryl methyl sites for hydroxylation is 1. The van der Waals surface area contributed by atoms with Gasteiger partial charge in [0.05, 0.1) is 25.2 Å². The molecule has 0 radical (unpaired) electrons. The Balaban J connectivity index is 1.65. The molecule has 0 aliphatic carbocycles. The van der Waals surface area contributed by atoms with E-state index >= 15 is 0 Å². The topological polar surface area (TPSA) is 108 Å². The number of hydrogen-bond acceptors (Lipinski definition) is 6. The van der Waals surface area contributed by atoms with Crippen molar-refractivity contribution in [2.45, 2.75) is 31.4 Å². The number of rotatable bonds is 12. The lowest BCUT2D eigenvalue weighted by molar-refractivity contribution is 0.166. The Labute approximate surface area is 201 Å². The van der Waals surface area contributed by atoms with Gasteiger partial charge >= 0.3 is 0 Å². The van der Waals surface area contributed by atoms with Gasteiger partial charge in [0.25, 0.3) is 0 Å². The first-order valence-corrected chi connectivity index (χ1v) is 13.0. The van der Waals surface area contributed by atoms with Crippen LogP contribution in [-0.2, 0) is 22.9 Å². The van der Waals surface area contributed by atoms with E-state index in [0.717, 1.165) is 30.4 Å². The molecule has 8 heteroatoms. The van der Waals surface area contributed by atoms with Crippen molar-refractivity contribution >= 4 is 15.7 Å². The third-order valence-corrected chi connectivity index (χ3v) is 6.10. The predicted octanol–water partition coefficient (Wildman–Crippen LogP) is 3.64. The zero-order valence-electron chi connectivity index (χ0n) is 19.4. The van der Waals surface area contributed by atoms with Gasteiger partial charge in [0, 0.05) is 12.6 Å². The van der Waals surface area contributed by atoms with Crippen molar-refractivity contribution in [1.29, 1.82) is 0 Å². The van der Waals surface area contributed by atoms with Crippen LogP contribution in [0, 0.1) is 0 Å². The SMILES string of the molecule is COc1ccc([C@@H](CCc2ccccc2)NC[C@@H](O)Cc2ccc(O)c(NS(C)(=O)=O)c2)cc1. The summed E-state index contributed by atoms with van der Waals surface area (Å²) in [6.07, 6.45) is 2.36. The molecule has 3 rings (SSSR count). The Morgan fingerprint density at radius 3 is 2.32 bits per heavy atom. The molecular weight excluding hydrogens is 452 g/mol. The van der Waals surface area contributed by atoms with Crippen LogP contribution in [0.1, 0.15) is 29.2 Å². The van der Waals surface area contributed by atoms with Crippen LogP contribution in [0.5, 0.6) is 11.5 Å². The van der Waals surface area contributed by atoms with Crippen LogP contribution in [0.25, 0.3) is 0 Å². The lowest BCUT2D eigenvalue weighted by Gasteiger charge is -2.22. The fourth-order valence-corrected chi connectivity index (χ4v) is 4.36. The van der Waals surface area contributed by atoms with Crippen LogP contribution in [0.15, 0.2) is 72.8 Å². The van der Waals surface area contributed by atoms with Crippen LogP contribution in [0.2, 0.25) is 0 Å². The van der Waals surface area contributed by atoms with Gasteiger partial charge in [0.2, 0.25) is 10.0 Å². The normalized spacial score (nSPS) is 13.3. The van der Waals surface area contributed by atoms with E-state index in [2.05, 4.69) is 22.2 Å². The zero-order chi connectivity index (χ0) is 24.6. The van der Waals surface area contributed by atoms with Crippen molar-refractivity contribution in [2.75, 3.05) is 24.6 Å². The Hall–Kier alpha value is -3.07. The maximum atomic E-state index is 11.5. The van der Waals surface area contributed by atoms with Gasteiger partial charge in [-0.05, 0) is 60.2 Å². The number of anilines is 1. The number of nitrogens with one attached hydrogen (secondary N) is 2. The summed E-state index contributed by atoms with van der Waals surface area (Å²) >= 11 is 0. The number of hydrogen-bond donors (Lipinski definition) is 4. The number of phenolic OH excluding ortho intramolecular Hbond substituents is 1.